The summed E-state index contributed by atoms with van der Waals surface area (Å²) in [6.07, 6.45) is 8.78. The van der Waals surface area contributed by atoms with Crippen molar-refractivity contribution < 1.29 is 22.6 Å². The molecule has 0 rings (SSSR count). The molecule has 0 amide bonds. The first-order valence-electron chi connectivity index (χ1n) is 5.65. The van der Waals surface area contributed by atoms with Gasteiger partial charge in [0.15, 0.2) is 0 Å². The normalized spacial score (nSPS) is 12.8. The molecule has 0 aliphatic rings. The van der Waals surface area contributed by atoms with Crippen molar-refractivity contribution in [3.8, 4) is 0 Å². The largest absolute Gasteiger partial charge is 0.394 e. The molecule has 0 spiro atoms. The molecule has 0 saturated heterocycles. The molecule has 0 aromatic heterocycles. The quantitative estimate of drug-likeness (QED) is 0.480. The lowest BCUT2D eigenvalue weighted by Crippen LogP contribution is -1.98. The van der Waals surface area contributed by atoms with Gasteiger partial charge in [0.25, 0.3) is 0 Å². The fraction of sp³-hybridized carbons (Fsp3) is 1.00. The highest BCUT2D eigenvalue weighted by Crippen LogP contribution is 2.07. The molecule has 5 nitrogen and oxygen atoms in total. The highest BCUT2D eigenvalue weighted by molar-refractivity contribution is 7.79. The lowest BCUT2D eigenvalue weighted by molar-refractivity contribution is 0.180. The predicted octanol–water partition coefficient (Wildman–Crippen LogP) is 2.47. The van der Waals surface area contributed by atoms with Crippen LogP contribution < -0.4 is 0 Å². The third kappa shape index (κ3) is 37.1. The van der Waals surface area contributed by atoms with E-state index in [1.54, 1.807) is 0 Å². The lowest BCUT2D eigenvalue weighted by Gasteiger charge is -2.02. The van der Waals surface area contributed by atoms with E-state index < -0.39 is 10.4 Å². The van der Waals surface area contributed by atoms with Crippen LogP contribution in [0.25, 0.3) is 0 Å². The molecule has 100 valence electrons. The van der Waals surface area contributed by atoms with Crippen LogP contribution in [-0.2, 0) is 10.4 Å². The minimum atomic E-state index is -4.67. The zero-order valence-electron chi connectivity index (χ0n) is 10.1. The summed E-state index contributed by atoms with van der Waals surface area (Å²) in [5.41, 5.74) is 0. The third-order valence-electron chi connectivity index (χ3n) is 1.98. The van der Waals surface area contributed by atoms with Gasteiger partial charge in [-0.2, -0.15) is 8.42 Å². The fourth-order valence-electron chi connectivity index (χ4n) is 1.22. The van der Waals surface area contributed by atoms with Crippen molar-refractivity contribution in [1.29, 1.82) is 0 Å². The Morgan fingerprint density at radius 2 is 1.38 bits per heavy atom. The van der Waals surface area contributed by atoms with Crippen molar-refractivity contribution in [2.45, 2.75) is 64.9 Å². The number of unbranched alkanes of at least 4 members (excludes halogenated alkanes) is 5. The molecule has 0 aliphatic carbocycles. The van der Waals surface area contributed by atoms with Crippen LogP contribution in [-0.4, -0.2) is 28.7 Å². The van der Waals surface area contributed by atoms with E-state index in [0.29, 0.717) is 0 Å². The van der Waals surface area contributed by atoms with Crippen LogP contribution >= 0.6 is 0 Å². The minimum absolute atomic E-state index is 0.0961. The van der Waals surface area contributed by atoms with Gasteiger partial charge in [-0.25, -0.2) is 0 Å². The molecule has 6 heteroatoms. The van der Waals surface area contributed by atoms with Crippen LogP contribution in [0.15, 0.2) is 0 Å². The SMILES string of the molecule is CCCCCCCCC(C)O.O=S(=O)(O)O. The maximum atomic E-state index is 8.96. The highest BCUT2D eigenvalue weighted by Gasteiger charge is 1.94. The molecular weight excluding hydrogens is 232 g/mol. The van der Waals surface area contributed by atoms with Crippen LogP contribution in [0.3, 0.4) is 0 Å². The van der Waals surface area contributed by atoms with Gasteiger partial charge in [-0.15, -0.1) is 0 Å². The van der Waals surface area contributed by atoms with Crippen molar-refractivity contribution in [2.75, 3.05) is 0 Å². The third-order valence-corrected chi connectivity index (χ3v) is 1.98. The first kappa shape index (κ1) is 18.2. The average Bonchev–Trinajstić information content (AvgIpc) is 2.08. The second-order valence-electron chi connectivity index (χ2n) is 3.85. The van der Waals surface area contributed by atoms with Crippen molar-refractivity contribution in [2.24, 2.45) is 0 Å². The molecule has 1 atom stereocenters. The van der Waals surface area contributed by atoms with Crippen LogP contribution in [0.1, 0.15) is 58.8 Å². The molecule has 0 heterocycles. The van der Waals surface area contributed by atoms with E-state index in [4.69, 9.17) is 22.6 Å². The first-order valence-corrected chi connectivity index (χ1v) is 7.05. The van der Waals surface area contributed by atoms with Crippen molar-refractivity contribution in [3.05, 3.63) is 0 Å². The Labute approximate surface area is 98.5 Å². The van der Waals surface area contributed by atoms with Crippen molar-refractivity contribution >= 4 is 10.4 Å². The maximum absolute atomic E-state index is 8.96. The Morgan fingerprint density at radius 1 is 1.00 bits per heavy atom. The number of hydrogen-bond donors (Lipinski definition) is 3. The monoisotopic (exact) mass is 256 g/mol. The van der Waals surface area contributed by atoms with E-state index in [9.17, 15) is 0 Å². The Balaban J connectivity index is 0. The Hall–Kier alpha value is -0.170. The van der Waals surface area contributed by atoms with Crippen LogP contribution in [0, 0.1) is 0 Å². The van der Waals surface area contributed by atoms with E-state index in [1.807, 2.05) is 6.92 Å². The summed E-state index contributed by atoms with van der Waals surface area (Å²) in [5, 5.41) is 8.96. The number of hydrogen-bond acceptors (Lipinski definition) is 3. The van der Waals surface area contributed by atoms with Crippen LogP contribution in [0.4, 0.5) is 0 Å². The zero-order valence-corrected chi connectivity index (χ0v) is 10.9. The number of aliphatic hydroxyl groups excluding tert-OH is 1. The van der Waals surface area contributed by atoms with E-state index in [-0.39, 0.29) is 6.10 Å². The van der Waals surface area contributed by atoms with Gasteiger partial charge in [0.1, 0.15) is 0 Å². The van der Waals surface area contributed by atoms with E-state index in [0.717, 1.165) is 6.42 Å². The van der Waals surface area contributed by atoms with Gasteiger partial charge in [0.05, 0.1) is 6.10 Å². The van der Waals surface area contributed by atoms with Gasteiger partial charge < -0.3 is 5.11 Å². The summed E-state index contributed by atoms with van der Waals surface area (Å²) in [6, 6.07) is 0. The maximum Gasteiger partial charge on any atom is 0.394 e. The topological polar surface area (TPSA) is 94.8 Å². The Kier molecular flexibility index (Phi) is 12.9. The minimum Gasteiger partial charge on any atom is -0.393 e. The molecule has 0 radical (unpaired) electrons. The summed E-state index contributed by atoms with van der Waals surface area (Å²) in [5.74, 6) is 0. The second-order valence-corrected chi connectivity index (χ2v) is 4.75. The summed E-state index contributed by atoms with van der Waals surface area (Å²) in [7, 11) is -4.67. The Bertz CT molecular complexity index is 215. The summed E-state index contributed by atoms with van der Waals surface area (Å²) in [6.45, 7) is 4.10. The Morgan fingerprint density at radius 3 is 1.75 bits per heavy atom. The smallest absolute Gasteiger partial charge is 0.393 e. The molecule has 1 unspecified atom stereocenters. The highest BCUT2D eigenvalue weighted by atomic mass is 32.3. The van der Waals surface area contributed by atoms with Gasteiger partial charge in [-0.05, 0) is 13.3 Å². The van der Waals surface area contributed by atoms with Crippen LogP contribution in [0.5, 0.6) is 0 Å². The molecule has 0 fully saturated rings. The molecule has 3 N–H and O–H groups in total. The summed E-state index contributed by atoms with van der Waals surface area (Å²) >= 11 is 0. The van der Waals surface area contributed by atoms with Gasteiger partial charge in [-0.1, -0.05) is 45.4 Å². The van der Waals surface area contributed by atoms with Crippen molar-refractivity contribution in [1.82, 2.24) is 0 Å². The summed E-state index contributed by atoms with van der Waals surface area (Å²) < 4.78 is 31.6. The molecule has 0 bridgehead atoms. The van der Waals surface area contributed by atoms with E-state index >= 15 is 0 Å². The molecule has 0 saturated carbocycles. The molecule has 0 aromatic carbocycles. The summed E-state index contributed by atoms with van der Waals surface area (Å²) in [4.78, 5) is 0. The van der Waals surface area contributed by atoms with Gasteiger partial charge in [-0.3, -0.25) is 9.11 Å². The first-order chi connectivity index (χ1) is 7.27. The molecule has 0 aliphatic heterocycles. The van der Waals surface area contributed by atoms with E-state index in [2.05, 4.69) is 6.92 Å². The number of rotatable bonds is 7. The fourth-order valence-corrected chi connectivity index (χ4v) is 1.22. The lowest BCUT2D eigenvalue weighted by atomic mass is 10.1. The second kappa shape index (κ2) is 11.3. The standard InChI is InChI=1S/C10H22O.H2O4S/c1-3-4-5-6-7-8-9-10(2)11;1-5(2,3)4/h10-11H,3-9H2,1-2H3;(H2,1,2,3,4). The van der Waals surface area contributed by atoms with Crippen molar-refractivity contribution in [3.63, 3.8) is 0 Å². The molecular formula is C10H24O5S. The van der Waals surface area contributed by atoms with Gasteiger partial charge in [0, 0.05) is 0 Å². The van der Waals surface area contributed by atoms with Crippen LogP contribution in [0.2, 0.25) is 0 Å². The zero-order chi connectivity index (χ0) is 13.0. The molecule has 16 heavy (non-hydrogen) atoms. The average molecular weight is 256 g/mol. The van der Waals surface area contributed by atoms with Gasteiger partial charge in [0.2, 0.25) is 0 Å². The number of aliphatic hydroxyl groups is 1. The molecule has 0 aromatic rings. The predicted molar refractivity (Wildman–Crippen MR) is 63.9 cm³/mol. The van der Waals surface area contributed by atoms with Gasteiger partial charge >= 0.3 is 10.4 Å². The van der Waals surface area contributed by atoms with E-state index in [1.165, 1.54) is 38.5 Å².